The molecule has 0 spiro atoms. The minimum Gasteiger partial charge on any atom is -0.486 e. The van der Waals surface area contributed by atoms with Crippen LogP contribution in [-0.4, -0.2) is 46.4 Å². The fraction of sp³-hybridized carbons (Fsp3) is 0.238. The molecule has 154 valence electrons. The van der Waals surface area contributed by atoms with Crippen LogP contribution in [0, 0.1) is 0 Å². The van der Waals surface area contributed by atoms with Crippen LogP contribution >= 0.6 is 11.6 Å². The first kappa shape index (κ1) is 19.9. The predicted octanol–water partition coefficient (Wildman–Crippen LogP) is 2.51. The second kappa shape index (κ2) is 8.54. The molecule has 1 aliphatic rings. The van der Waals surface area contributed by atoms with Crippen molar-refractivity contribution >= 4 is 23.5 Å². The van der Waals surface area contributed by atoms with Crippen molar-refractivity contribution in [3.05, 3.63) is 65.2 Å². The fourth-order valence-electron chi connectivity index (χ4n) is 3.36. The number of esters is 1. The van der Waals surface area contributed by atoms with Gasteiger partial charge in [0.15, 0.2) is 0 Å². The van der Waals surface area contributed by atoms with E-state index >= 15 is 0 Å². The Kier molecular flexibility index (Phi) is 5.67. The highest BCUT2D eigenvalue weighted by atomic mass is 35.5. The lowest BCUT2D eigenvalue weighted by Crippen LogP contribution is -2.36. The number of aromatic nitrogens is 3. The van der Waals surface area contributed by atoms with Crippen LogP contribution in [0.2, 0.25) is 5.02 Å². The third-order valence-corrected chi connectivity index (χ3v) is 5.05. The summed E-state index contributed by atoms with van der Waals surface area (Å²) in [5.74, 6) is 0.0562. The van der Waals surface area contributed by atoms with Gasteiger partial charge in [0.25, 0.3) is 0 Å². The molecule has 0 unspecified atom stereocenters. The normalized spacial score (nSPS) is 14.7. The van der Waals surface area contributed by atoms with Gasteiger partial charge in [0.05, 0.1) is 24.2 Å². The molecule has 1 N–H and O–H groups in total. The van der Waals surface area contributed by atoms with Crippen molar-refractivity contribution in [3.8, 4) is 16.9 Å². The summed E-state index contributed by atoms with van der Waals surface area (Å²) in [5, 5.41) is 7.24. The van der Waals surface area contributed by atoms with Gasteiger partial charge in [-0.2, -0.15) is 5.10 Å². The van der Waals surface area contributed by atoms with E-state index in [0.29, 0.717) is 29.3 Å². The Morgan fingerprint density at radius 2 is 2.17 bits per heavy atom. The van der Waals surface area contributed by atoms with Crippen LogP contribution in [0.3, 0.4) is 0 Å². The predicted molar refractivity (Wildman–Crippen MR) is 109 cm³/mol. The number of ether oxygens (including phenoxy) is 2. The van der Waals surface area contributed by atoms with E-state index in [1.54, 1.807) is 18.2 Å². The molecule has 30 heavy (non-hydrogen) atoms. The summed E-state index contributed by atoms with van der Waals surface area (Å²) in [5.41, 5.74) is 3.16. The molecule has 0 saturated carbocycles. The number of methoxy groups -OCH3 is 1. The lowest BCUT2D eigenvalue weighted by molar-refractivity contribution is -0.122. The molecular formula is C21H19ClN4O4. The van der Waals surface area contributed by atoms with Gasteiger partial charge in [0.2, 0.25) is 5.91 Å². The van der Waals surface area contributed by atoms with Crippen molar-refractivity contribution < 1.29 is 19.1 Å². The highest BCUT2D eigenvalue weighted by molar-refractivity contribution is 6.32. The number of amides is 1. The van der Waals surface area contributed by atoms with E-state index in [2.05, 4.69) is 15.4 Å². The van der Waals surface area contributed by atoms with Crippen molar-refractivity contribution in [1.82, 2.24) is 20.1 Å². The topological polar surface area (TPSA) is 95.3 Å². The van der Waals surface area contributed by atoms with Crippen molar-refractivity contribution in [2.75, 3.05) is 13.7 Å². The summed E-state index contributed by atoms with van der Waals surface area (Å²) in [6.45, 7) is 0.451. The number of nitrogens with one attached hydrogen (secondary N) is 1. The maximum Gasteiger partial charge on any atom is 0.337 e. The van der Waals surface area contributed by atoms with Gasteiger partial charge in [-0.3, -0.25) is 4.79 Å². The van der Waals surface area contributed by atoms with Gasteiger partial charge in [-0.1, -0.05) is 23.7 Å². The fourth-order valence-corrected chi connectivity index (χ4v) is 3.64. The van der Waals surface area contributed by atoms with Crippen molar-refractivity contribution in [2.24, 2.45) is 0 Å². The Morgan fingerprint density at radius 1 is 1.30 bits per heavy atom. The van der Waals surface area contributed by atoms with Gasteiger partial charge in [0, 0.05) is 12.0 Å². The number of hydrogen-bond acceptors (Lipinski definition) is 6. The molecule has 1 aliphatic heterocycles. The maximum absolute atomic E-state index is 12.0. The number of rotatable bonds is 6. The number of carbonyl (C=O) groups is 2. The third kappa shape index (κ3) is 4.28. The average Bonchev–Trinajstić information content (AvgIpc) is 3.41. The number of halogens is 1. The molecule has 1 atom stereocenters. The summed E-state index contributed by atoms with van der Waals surface area (Å²) in [6, 6.07) is 11.0. The smallest absolute Gasteiger partial charge is 0.337 e. The van der Waals surface area contributed by atoms with Crippen LogP contribution < -0.4 is 10.1 Å². The number of carbonyl (C=O) groups excluding carboxylic acids is 2. The molecule has 0 aliphatic carbocycles. The SMILES string of the molecule is COC(=O)c1cccc(-c2cc(Cl)c3c(c2)C[C@H](CNC(=O)Cn2cncn2)O3)c1. The quantitative estimate of drug-likeness (QED) is 0.608. The minimum absolute atomic E-state index is 0.0983. The van der Waals surface area contributed by atoms with Gasteiger partial charge >= 0.3 is 5.97 Å². The van der Waals surface area contributed by atoms with Crippen LogP contribution in [0.15, 0.2) is 49.1 Å². The molecule has 0 bridgehead atoms. The standard InChI is InChI=1S/C21H19ClN4O4/c1-29-21(28)14-4-2-3-13(5-14)15-6-16-7-17(30-20(16)18(22)8-15)9-24-19(27)10-26-12-23-11-25-26/h2-6,8,11-12,17H,7,9-10H2,1H3,(H,24,27)/t17-/m1/s1. The van der Waals surface area contributed by atoms with Gasteiger partial charge < -0.3 is 14.8 Å². The molecule has 1 aromatic heterocycles. The summed E-state index contributed by atoms with van der Waals surface area (Å²) in [4.78, 5) is 27.7. The van der Waals surface area contributed by atoms with E-state index < -0.39 is 5.97 Å². The van der Waals surface area contributed by atoms with Gasteiger partial charge in [-0.15, -0.1) is 0 Å². The first-order valence-corrected chi connectivity index (χ1v) is 9.68. The highest BCUT2D eigenvalue weighted by Crippen LogP contribution is 2.39. The van der Waals surface area contributed by atoms with Crippen molar-refractivity contribution in [3.63, 3.8) is 0 Å². The highest BCUT2D eigenvalue weighted by Gasteiger charge is 2.26. The summed E-state index contributed by atoms with van der Waals surface area (Å²) in [7, 11) is 1.35. The molecule has 4 rings (SSSR count). The van der Waals surface area contributed by atoms with Crippen molar-refractivity contribution in [2.45, 2.75) is 19.1 Å². The summed E-state index contributed by atoms with van der Waals surface area (Å²) >= 11 is 6.45. The zero-order valence-corrected chi connectivity index (χ0v) is 16.9. The van der Waals surface area contributed by atoms with Crippen LogP contribution in [0.4, 0.5) is 0 Å². The molecule has 2 aromatic carbocycles. The first-order chi connectivity index (χ1) is 14.5. The molecule has 0 fully saturated rings. The van der Waals surface area contributed by atoms with E-state index in [1.807, 2.05) is 18.2 Å². The number of nitrogens with zero attached hydrogens (tertiary/aromatic N) is 3. The second-order valence-corrected chi connectivity index (χ2v) is 7.27. The molecule has 0 saturated heterocycles. The summed E-state index contributed by atoms with van der Waals surface area (Å²) < 4.78 is 12.2. The molecule has 9 heteroatoms. The molecule has 0 radical (unpaired) electrons. The lowest BCUT2D eigenvalue weighted by Gasteiger charge is -2.12. The Balaban J connectivity index is 1.44. The monoisotopic (exact) mass is 426 g/mol. The molecular weight excluding hydrogens is 408 g/mol. The zero-order chi connectivity index (χ0) is 21.1. The van der Waals surface area contributed by atoms with Crippen LogP contribution in [0.5, 0.6) is 5.75 Å². The third-order valence-electron chi connectivity index (χ3n) is 4.77. The molecule has 3 aromatic rings. The van der Waals surface area contributed by atoms with Gasteiger partial charge in [-0.25, -0.2) is 14.5 Å². The van der Waals surface area contributed by atoms with E-state index in [4.69, 9.17) is 21.1 Å². The number of fused-ring (bicyclic) bond motifs is 1. The average molecular weight is 427 g/mol. The van der Waals surface area contributed by atoms with Crippen LogP contribution in [0.25, 0.3) is 11.1 Å². The molecule has 1 amide bonds. The Hall–Kier alpha value is -3.39. The van der Waals surface area contributed by atoms with Crippen molar-refractivity contribution in [1.29, 1.82) is 0 Å². The maximum atomic E-state index is 12.0. The minimum atomic E-state index is -0.394. The lowest BCUT2D eigenvalue weighted by atomic mass is 9.99. The Labute approximate surface area is 177 Å². The van der Waals surface area contributed by atoms with Crippen LogP contribution in [-0.2, 0) is 22.5 Å². The zero-order valence-electron chi connectivity index (χ0n) is 16.2. The Morgan fingerprint density at radius 3 is 2.93 bits per heavy atom. The van der Waals surface area contributed by atoms with Crippen LogP contribution in [0.1, 0.15) is 15.9 Å². The van der Waals surface area contributed by atoms with Gasteiger partial charge in [-0.05, 0) is 35.4 Å². The van der Waals surface area contributed by atoms with E-state index in [9.17, 15) is 9.59 Å². The second-order valence-electron chi connectivity index (χ2n) is 6.86. The first-order valence-electron chi connectivity index (χ1n) is 9.30. The molecule has 2 heterocycles. The summed E-state index contributed by atoms with van der Waals surface area (Å²) in [6.07, 6.45) is 3.26. The Bertz CT molecular complexity index is 1080. The number of hydrogen-bond donors (Lipinski definition) is 1. The number of benzene rings is 2. The largest absolute Gasteiger partial charge is 0.486 e. The van der Waals surface area contributed by atoms with E-state index in [-0.39, 0.29) is 18.6 Å². The van der Waals surface area contributed by atoms with E-state index in [0.717, 1.165) is 16.7 Å². The molecule has 8 nitrogen and oxygen atoms in total. The van der Waals surface area contributed by atoms with E-state index in [1.165, 1.54) is 24.4 Å². The van der Waals surface area contributed by atoms with Gasteiger partial charge in [0.1, 0.15) is 31.1 Å².